The normalized spacial score (nSPS) is 24.9. The predicted molar refractivity (Wildman–Crippen MR) is 83.3 cm³/mol. The summed E-state index contributed by atoms with van der Waals surface area (Å²) in [5.41, 5.74) is 0.108. The molecule has 0 bridgehead atoms. The summed E-state index contributed by atoms with van der Waals surface area (Å²) in [5.74, 6) is -10.5. The van der Waals surface area contributed by atoms with Crippen LogP contribution in [0.2, 0.25) is 0 Å². The average Bonchev–Trinajstić information content (AvgIpc) is 2.94. The van der Waals surface area contributed by atoms with Gasteiger partial charge in [0.1, 0.15) is 11.7 Å². The Kier molecular flexibility index (Phi) is 4.62. The van der Waals surface area contributed by atoms with Gasteiger partial charge in [-0.05, 0) is 25.5 Å². The van der Waals surface area contributed by atoms with Gasteiger partial charge in [0.05, 0.1) is 6.61 Å². The molecule has 0 radical (unpaired) electrons. The first-order valence-corrected chi connectivity index (χ1v) is 8.05. The van der Waals surface area contributed by atoms with E-state index in [-0.39, 0.29) is 23.4 Å². The lowest BCUT2D eigenvalue weighted by molar-refractivity contribution is -0.359. The highest BCUT2D eigenvalue weighted by atomic mass is 19.4. The standard InChI is InChI=1S/C17H16F4N2O4/c1-3-26-15(24)13-12(9-6-4-5-7-10(9)18)11-8(2)22-23-14(11)27-16(13,25)17(19,20)21/h4-7,12-13,25H,3H2,1-2H3,(H,22,23)/t12-,13-,16?/m0/s1. The van der Waals surface area contributed by atoms with E-state index in [0.29, 0.717) is 0 Å². The largest absolute Gasteiger partial charge is 0.466 e. The Balaban J connectivity index is 2.31. The number of nitrogens with one attached hydrogen (secondary N) is 1. The number of aromatic amines is 1. The van der Waals surface area contributed by atoms with E-state index in [2.05, 4.69) is 10.2 Å². The maximum Gasteiger partial charge on any atom is 0.456 e. The summed E-state index contributed by atoms with van der Waals surface area (Å²) in [5, 5.41) is 16.5. The molecule has 1 aliphatic heterocycles. The Morgan fingerprint density at radius 2 is 2.07 bits per heavy atom. The number of benzene rings is 1. The number of ether oxygens (including phenoxy) is 2. The number of aromatic nitrogens is 2. The third-order valence-corrected chi connectivity index (χ3v) is 4.46. The second-order valence-corrected chi connectivity index (χ2v) is 6.09. The zero-order valence-electron chi connectivity index (χ0n) is 14.3. The van der Waals surface area contributed by atoms with Crippen molar-refractivity contribution >= 4 is 5.97 Å². The number of halogens is 4. The van der Waals surface area contributed by atoms with Crippen LogP contribution in [0, 0.1) is 18.7 Å². The SMILES string of the molecule is CCOC(=O)[C@@H]1[C@@H](c2ccccc2F)c2c(n[nH]c2C)OC1(O)C(F)(F)F. The third kappa shape index (κ3) is 2.93. The van der Waals surface area contributed by atoms with E-state index in [1.54, 1.807) is 0 Å². The lowest BCUT2D eigenvalue weighted by Gasteiger charge is -2.42. The van der Waals surface area contributed by atoms with Crippen LogP contribution in [0.5, 0.6) is 5.88 Å². The second kappa shape index (κ2) is 6.52. The summed E-state index contributed by atoms with van der Waals surface area (Å²) < 4.78 is 65.3. The van der Waals surface area contributed by atoms with E-state index in [4.69, 9.17) is 9.47 Å². The van der Waals surface area contributed by atoms with Crippen LogP contribution in [0.4, 0.5) is 17.6 Å². The summed E-state index contributed by atoms with van der Waals surface area (Å²) >= 11 is 0. The van der Waals surface area contributed by atoms with Gasteiger partial charge in [0.2, 0.25) is 5.88 Å². The zero-order valence-corrected chi connectivity index (χ0v) is 14.3. The number of hydrogen-bond donors (Lipinski definition) is 2. The first kappa shape index (κ1) is 19.2. The van der Waals surface area contributed by atoms with E-state index in [0.717, 1.165) is 6.07 Å². The molecule has 3 atom stereocenters. The highest BCUT2D eigenvalue weighted by Gasteiger charge is 2.69. The Morgan fingerprint density at radius 3 is 2.67 bits per heavy atom. The van der Waals surface area contributed by atoms with Gasteiger partial charge in [-0.3, -0.25) is 9.89 Å². The molecule has 0 saturated heterocycles. The number of hydrogen-bond acceptors (Lipinski definition) is 5. The molecular weight excluding hydrogens is 372 g/mol. The molecule has 3 rings (SSSR count). The number of esters is 1. The Morgan fingerprint density at radius 1 is 1.41 bits per heavy atom. The van der Waals surface area contributed by atoms with Crippen LogP contribution in [-0.2, 0) is 9.53 Å². The number of fused-ring (bicyclic) bond motifs is 1. The van der Waals surface area contributed by atoms with Crippen LogP contribution in [0.3, 0.4) is 0 Å². The van der Waals surface area contributed by atoms with Gasteiger partial charge in [-0.15, -0.1) is 5.10 Å². The van der Waals surface area contributed by atoms with Crippen LogP contribution in [0.1, 0.15) is 29.7 Å². The van der Waals surface area contributed by atoms with Crippen LogP contribution in [0.15, 0.2) is 24.3 Å². The van der Waals surface area contributed by atoms with E-state index < -0.39 is 41.5 Å². The quantitative estimate of drug-likeness (QED) is 0.624. The van der Waals surface area contributed by atoms with Crippen LogP contribution < -0.4 is 4.74 Å². The van der Waals surface area contributed by atoms with Gasteiger partial charge in [0, 0.05) is 17.2 Å². The number of rotatable bonds is 3. The summed E-state index contributed by atoms with van der Waals surface area (Å²) in [4.78, 5) is 12.5. The van der Waals surface area contributed by atoms with Crippen LogP contribution in [0.25, 0.3) is 0 Å². The van der Waals surface area contributed by atoms with Crippen molar-refractivity contribution in [2.75, 3.05) is 6.61 Å². The molecule has 1 aliphatic rings. The summed E-state index contributed by atoms with van der Waals surface area (Å²) in [7, 11) is 0. The van der Waals surface area contributed by atoms with Crippen LogP contribution in [-0.4, -0.2) is 39.8 Å². The number of carbonyl (C=O) groups excluding carboxylic acids is 1. The van der Waals surface area contributed by atoms with Crippen molar-refractivity contribution in [1.29, 1.82) is 0 Å². The van der Waals surface area contributed by atoms with Gasteiger partial charge < -0.3 is 14.6 Å². The van der Waals surface area contributed by atoms with E-state index >= 15 is 0 Å². The molecule has 1 aromatic heterocycles. The average molecular weight is 388 g/mol. The van der Waals surface area contributed by atoms with Crippen molar-refractivity contribution in [2.24, 2.45) is 5.92 Å². The maximum absolute atomic E-state index is 14.5. The molecule has 0 amide bonds. The van der Waals surface area contributed by atoms with Gasteiger partial charge in [0.25, 0.3) is 0 Å². The summed E-state index contributed by atoms with van der Waals surface area (Å²) in [6, 6.07) is 5.06. The minimum absolute atomic E-state index is 0.0482. The molecule has 0 aliphatic carbocycles. The molecule has 6 nitrogen and oxygen atoms in total. The van der Waals surface area contributed by atoms with E-state index in [9.17, 15) is 27.5 Å². The molecule has 0 saturated carbocycles. The highest BCUT2D eigenvalue weighted by molar-refractivity contribution is 5.77. The fourth-order valence-corrected chi connectivity index (χ4v) is 3.29. The first-order valence-electron chi connectivity index (χ1n) is 8.05. The molecular formula is C17H16F4N2O4. The minimum Gasteiger partial charge on any atom is -0.466 e. The first-order chi connectivity index (χ1) is 12.6. The number of carbonyl (C=O) groups is 1. The summed E-state index contributed by atoms with van der Waals surface area (Å²) in [6.07, 6.45) is -5.38. The molecule has 1 aromatic carbocycles. The Bertz CT molecular complexity index is 867. The lowest BCUT2D eigenvalue weighted by atomic mass is 9.74. The van der Waals surface area contributed by atoms with Crippen molar-refractivity contribution in [3.05, 3.63) is 46.9 Å². The lowest BCUT2D eigenvalue weighted by Crippen LogP contribution is -2.62. The van der Waals surface area contributed by atoms with Crippen molar-refractivity contribution in [1.82, 2.24) is 10.2 Å². The number of alkyl halides is 3. The maximum atomic E-state index is 14.5. The number of aryl methyl sites for hydroxylation is 1. The number of aliphatic hydroxyl groups is 1. The van der Waals surface area contributed by atoms with Gasteiger partial charge in [-0.1, -0.05) is 18.2 Å². The molecule has 2 aromatic rings. The molecule has 10 heteroatoms. The molecule has 2 heterocycles. The van der Waals surface area contributed by atoms with E-state index in [1.807, 2.05) is 0 Å². The second-order valence-electron chi connectivity index (χ2n) is 6.09. The van der Waals surface area contributed by atoms with Crippen LogP contribution >= 0.6 is 0 Å². The van der Waals surface area contributed by atoms with Crippen molar-refractivity contribution < 1.29 is 36.9 Å². The van der Waals surface area contributed by atoms with E-state index in [1.165, 1.54) is 32.0 Å². The predicted octanol–water partition coefficient (Wildman–Crippen LogP) is 2.81. The Hall–Kier alpha value is -2.62. The van der Waals surface area contributed by atoms with Crippen molar-refractivity contribution in [3.8, 4) is 5.88 Å². The van der Waals surface area contributed by atoms with Gasteiger partial charge in [-0.25, -0.2) is 4.39 Å². The van der Waals surface area contributed by atoms with Gasteiger partial charge in [0.15, 0.2) is 0 Å². The van der Waals surface area contributed by atoms with Crippen molar-refractivity contribution in [3.63, 3.8) is 0 Å². The zero-order chi connectivity index (χ0) is 20.0. The molecule has 0 spiro atoms. The fourth-order valence-electron chi connectivity index (χ4n) is 3.29. The fraction of sp³-hybridized carbons (Fsp3) is 0.412. The molecule has 1 unspecified atom stereocenters. The highest BCUT2D eigenvalue weighted by Crippen LogP contribution is 2.53. The van der Waals surface area contributed by atoms with Crippen molar-refractivity contribution in [2.45, 2.75) is 31.7 Å². The molecule has 2 N–H and O–H groups in total. The molecule has 146 valence electrons. The summed E-state index contributed by atoms with van der Waals surface area (Å²) in [6.45, 7) is 2.66. The number of H-pyrrole nitrogens is 1. The minimum atomic E-state index is -5.38. The monoisotopic (exact) mass is 388 g/mol. The van der Waals surface area contributed by atoms with Gasteiger partial charge in [-0.2, -0.15) is 13.2 Å². The topological polar surface area (TPSA) is 84.4 Å². The molecule has 0 fully saturated rings. The smallest absolute Gasteiger partial charge is 0.456 e. The molecule has 27 heavy (non-hydrogen) atoms. The van der Waals surface area contributed by atoms with Gasteiger partial charge >= 0.3 is 17.9 Å². The number of nitrogens with zero attached hydrogens (tertiary/aromatic N) is 1. The third-order valence-electron chi connectivity index (χ3n) is 4.46. The Labute approximate surface area is 151 Å².